The molecule has 4 aromatic rings. The fourth-order valence-corrected chi connectivity index (χ4v) is 3.17. The van der Waals surface area contributed by atoms with Gasteiger partial charge in [-0.15, -0.1) is 0 Å². The predicted molar refractivity (Wildman–Crippen MR) is 104 cm³/mol. The molecule has 2 heterocycles. The molecular weight excluding hydrogens is 348 g/mol. The second-order valence-corrected chi connectivity index (χ2v) is 6.66. The molecule has 1 N–H and O–H groups in total. The van der Waals surface area contributed by atoms with E-state index < -0.39 is 0 Å². The third-order valence-corrected chi connectivity index (χ3v) is 4.61. The van der Waals surface area contributed by atoms with Gasteiger partial charge < -0.3 is 14.3 Å². The Morgan fingerprint density at radius 2 is 1.96 bits per heavy atom. The first-order valence-electron chi connectivity index (χ1n) is 8.43. The van der Waals surface area contributed by atoms with E-state index >= 15 is 0 Å². The zero-order chi connectivity index (χ0) is 18.1. The van der Waals surface area contributed by atoms with Crippen molar-refractivity contribution in [2.75, 3.05) is 13.7 Å². The number of nitrogens with one attached hydrogen (secondary N) is 1. The van der Waals surface area contributed by atoms with Crippen molar-refractivity contribution in [3.8, 4) is 22.9 Å². The Bertz CT molecular complexity index is 1050. The molecule has 26 heavy (non-hydrogen) atoms. The van der Waals surface area contributed by atoms with Gasteiger partial charge in [-0.05, 0) is 48.9 Å². The van der Waals surface area contributed by atoms with Crippen LogP contribution in [0.25, 0.3) is 33.9 Å². The average Bonchev–Trinajstić information content (AvgIpc) is 3.25. The maximum atomic E-state index is 5.97. The summed E-state index contributed by atoms with van der Waals surface area (Å²) in [4.78, 5) is 12.7. The molecule has 132 valence electrons. The highest BCUT2D eigenvalue weighted by Gasteiger charge is 2.15. The smallest absolute Gasteiger partial charge is 0.159 e. The second-order valence-electron chi connectivity index (χ2n) is 6.22. The number of nitrogens with zero attached hydrogens (tertiary/aromatic N) is 3. The normalized spacial score (nSPS) is 11.3. The van der Waals surface area contributed by atoms with Crippen LogP contribution < -0.4 is 0 Å². The minimum Gasteiger partial charge on any atom is -0.383 e. The molecule has 0 saturated heterocycles. The molecule has 4 rings (SSSR count). The standard InChI is InChI=1S/C20H19ClN4O/c1-13-3-8-18-16(11-13)24-20(25(18)9-10-26-2)17-12-22-19(23-17)14-4-6-15(21)7-5-14/h3-8,11-12H,9-10H2,1-2H3,(H,22,23). The van der Waals surface area contributed by atoms with Crippen molar-refractivity contribution >= 4 is 22.6 Å². The maximum absolute atomic E-state index is 5.97. The second kappa shape index (κ2) is 6.94. The maximum Gasteiger partial charge on any atom is 0.159 e. The van der Waals surface area contributed by atoms with E-state index in [9.17, 15) is 0 Å². The Hall–Kier alpha value is -2.63. The third-order valence-electron chi connectivity index (χ3n) is 4.36. The minimum absolute atomic E-state index is 0.616. The number of halogens is 1. The monoisotopic (exact) mass is 366 g/mol. The van der Waals surface area contributed by atoms with Crippen molar-refractivity contribution in [1.82, 2.24) is 19.5 Å². The van der Waals surface area contributed by atoms with Crippen LogP contribution in [0.4, 0.5) is 0 Å². The highest BCUT2D eigenvalue weighted by molar-refractivity contribution is 6.30. The Morgan fingerprint density at radius 3 is 2.73 bits per heavy atom. The summed E-state index contributed by atoms with van der Waals surface area (Å²) in [5, 5.41) is 0.706. The zero-order valence-corrected chi connectivity index (χ0v) is 15.4. The molecule has 0 radical (unpaired) electrons. The first-order valence-corrected chi connectivity index (χ1v) is 8.80. The highest BCUT2D eigenvalue weighted by Crippen LogP contribution is 2.27. The molecule has 0 aliphatic carbocycles. The first-order chi connectivity index (χ1) is 12.7. The summed E-state index contributed by atoms with van der Waals surface area (Å²) >= 11 is 5.97. The summed E-state index contributed by atoms with van der Waals surface area (Å²) in [7, 11) is 1.71. The summed E-state index contributed by atoms with van der Waals surface area (Å²) in [6.07, 6.45) is 1.82. The van der Waals surface area contributed by atoms with Crippen LogP contribution in [-0.2, 0) is 11.3 Å². The number of aryl methyl sites for hydroxylation is 1. The molecular formula is C20H19ClN4O. The van der Waals surface area contributed by atoms with Crippen molar-refractivity contribution in [2.45, 2.75) is 13.5 Å². The lowest BCUT2D eigenvalue weighted by atomic mass is 10.2. The summed E-state index contributed by atoms with van der Waals surface area (Å²) in [6.45, 7) is 3.41. The van der Waals surface area contributed by atoms with E-state index in [2.05, 4.69) is 39.7 Å². The zero-order valence-electron chi connectivity index (χ0n) is 14.7. The summed E-state index contributed by atoms with van der Waals surface area (Å²) in [5.74, 6) is 1.65. The van der Waals surface area contributed by atoms with Crippen molar-refractivity contribution in [3.05, 3.63) is 59.2 Å². The average molecular weight is 367 g/mol. The van der Waals surface area contributed by atoms with E-state index in [1.54, 1.807) is 7.11 Å². The number of aromatic nitrogens is 4. The van der Waals surface area contributed by atoms with Crippen molar-refractivity contribution in [3.63, 3.8) is 0 Å². The third kappa shape index (κ3) is 3.11. The van der Waals surface area contributed by atoms with Gasteiger partial charge in [-0.3, -0.25) is 0 Å². The SMILES string of the molecule is COCCn1c(-c2cnc(-c3ccc(Cl)cc3)[nH]2)nc2cc(C)ccc21. The topological polar surface area (TPSA) is 55.7 Å². The number of aromatic amines is 1. The number of ether oxygens (including phenoxy) is 1. The largest absolute Gasteiger partial charge is 0.383 e. The summed E-state index contributed by atoms with van der Waals surface area (Å²) < 4.78 is 7.44. The first kappa shape index (κ1) is 16.8. The molecule has 0 aliphatic heterocycles. The molecule has 0 saturated carbocycles. The van der Waals surface area contributed by atoms with Gasteiger partial charge >= 0.3 is 0 Å². The molecule has 0 amide bonds. The number of rotatable bonds is 5. The quantitative estimate of drug-likeness (QED) is 0.557. The number of fused-ring (bicyclic) bond motifs is 1. The van der Waals surface area contributed by atoms with Crippen LogP contribution in [-0.4, -0.2) is 33.2 Å². The lowest BCUT2D eigenvalue weighted by Gasteiger charge is -2.07. The molecule has 2 aromatic heterocycles. The molecule has 5 nitrogen and oxygen atoms in total. The fraction of sp³-hybridized carbons (Fsp3) is 0.200. The van der Waals surface area contributed by atoms with E-state index in [4.69, 9.17) is 21.3 Å². The molecule has 2 aromatic carbocycles. The van der Waals surface area contributed by atoms with Crippen LogP contribution in [0, 0.1) is 6.92 Å². The Labute approximate surface area is 156 Å². The molecule has 6 heteroatoms. The molecule has 0 unspecified atom stereocenters. The van der Waals surface area contributed by atoms with Crippen molar-refractivity contribution in [1.29, 1.82) is 0 Å². The molecule has 0 spiro atoms. The lowest BCUT2D eigenvalue weighted by molar-refractivity contribution is 0.188. The van der Waals surface area contributed by atoms with Gasteiger partial charge in [0.2, 0.25) is 0 Å². The van der Waals surface area contributed by atoms with Gasteiger partial charge in [-0.25, -0.2) is 9.97 Å². The van der Waals surface area contributed by atoms with Gasteiger partial charge in [0.05, 0.1) is 23.8 Å². The van der Waals surface area contributed by atoms with Gasteiger partial charge in [-0.2, -0.15) is 0 Å². The fourth-order valence-electron chi connectivity index (χ4n) is 3.04. The van der Waals surface area contributed by atoms with Crippen LogP contribution in [0.2, 0.25) is 5.02 Å². The number of hydrogen-bond acceptors (Lipinski definition) is 3. The number of H-pyrrole nitrogens is 1. The lowest BCUT2D eigenvalue weighted by Crippen LogP contribution is -2.06. The van der Waals surface area contributed by atoms with Gasteiger partial charge in [0.1, 0.15) is 11.5 Å². The highest BCUT2D eigenvalue weighted by atomic mass is 35.5. The van der Waals surface area contributed by atoms with Crippen LogP contribution in [0.3, 0.4) is 0 Å². The Morgan fingerprint density at radius 1 is 1.15 bits per heavy atom. The number of imidazole rings is 2. The summed E-state index contributed by atoms with van der Waals surface area (Å²) in [6, 6.07) is 13.9. The molecule has 0 bridgehead atoms. The number of methoxy groups -OCH3 is 1. The van der Waals surface area contributed by atoms with Gasteiger partial charge in [0, 0.05) is 24.2 Å². The van der Waals surface area contributed by atoms with E-state index in [1.807, 2.05) is 30.5 Å². The van der Waals surface area contributed by atoms with Gasteiger partial charge in [0.15, 0.2) is 5.82 Å². The number of benzene rings is 2. The van der Waals surface area contributed by atoms with E-state index in [0.717, 1.165) is 40.5 Å². The van der Waals surface area contributed by atoms with Crippen LogP contribution in [0.15, 0.2) is 48.7 Å². The van der Waals surface area contributed by atoms with Crippen LogP contribution in [0.1, 0.15) is 5.56 Å². The minimum atomic E-state index is 0.616. The van der Waals surface area contributed by atoms with Crippen LogP contribution in [0.5, 0.6) is 0 Å². The molecule has 0 fully saturated rings. The van der Waals surface area contributed by atoms with Crippen molar-refractivity contribution < 1.29 is 4.74 Å². The Balaban J connectivity index is 1.79. The van der Waals surface area contributed by atoms with E-state index in [1.165, 1.54) is 5.56 Å². The van der Waals surface area contributed by atoms with Gasteiger partial charge in [0.25, 0.3) is 0 Å². The van der Waals surface area contributed by atoms with E-state index in [-0.39, 0.29) is 0 Å². The van der Waals surface area contributed by atoms with E-state index in [0.29, 0.717) is 11.6 Å². The Kier molecular flexibility index (Phi) is 4.49. The molecule has 0 aliphatic rings. The van der Waals surface area contributed by atoms with Crippen LogP contribution >= 0.6 is 11.6 Å². The summed E-state index contributed by atoms with van der Waals surface area (Å²) in [5.41, 5.74) is 5.10. The molecule has 0 atom stereocenters. The van der Waals surface area contributed by atoms with Gasteiger partial charge in [-0.1, -0.05) is 17.7 Å². The predicted octanol–water partition coefficient (Wildman–Crippen LogP) is 4.70. The van der Waals surface area contributed by atoms with Crippen molar-refractivity contribution in [2.24, 2.45) is 0 Å². The number of hydrogen-bond donors (Lipinski definition) is 1.